The van der Waals surface area contributed by atoms with E-state index in [-0.39, 0.29) is 12.5 Å². The Morgan fingerprint density at radius 1 is 1.67 bits per heavy atom. The van der Waals surface area contributed by atoms with Crippen molar-refractivity contribution in [3.63, 3.8) is 0 Å². The van der Waals surface area contributed by atoms with E-state index in [1.54, 1.807) is 0 Å². The highest BCUT2D eigenvalue weighted by Crippen LogP contribution is 2.43. The molecule has 2 atom stereocenters. The predicted octanol–water partition coefficient (Wildman–Crippen LogP) is 0.872. The molecule has 15 heavy (non-hydrogen) atoms. The van der Waals surface area contributed by atoms with Crippen LogP contribution in [0.3, 0.4) is 0 Å². The molecule has 0 radical (unpaired) electrons. The summed E-state index contributed by atoms with van der Waals surface area (Å²) in [5.41, 5.74) is 7.79. The minimum absolute atomic E-state index is 0.171. The summed E-state index contributed by atoms with van der Waals surface area (Å²) >= 11 is 0. The van der Waals surface area contributed by atoms with Gasteiger partial charge in [0.05, 0.1) is 5.69 Å². The van der Waals surface area contributed by atoms with Crippen LogP contribution in [0.5, 0.6) is 0 Å². The van der Waals surface area contributed by atoms with Crippen molar-refractivity contribution < 1.29 is 5.11 Å². The number of hydrogen-bond donors (Lipinski definition) is 3. The molecule has 2 rings (SSSR count). The number of aromatic amines is 1. The molecule has 0 saturated carbocycles. The second kappa shape index (κ2) is 3.32. The maximum Gasteiger partial charge on any atom is 0.108 e. The second-order valence-electron chi connectivity index (χ2n) is 4.85. The quantitative estimate of drug-likeness (QED) is 0.676. The van der Waals surface area contributed by atoms with Gasteiger partial charge in [-0.25, -0.2) is 0 Å². The van der Waals surface area contributed by atoms with E-state index in [0.717, 1.165) is 23.4 Å². The van der Waals surface area contributed by atoms with Gasteiger partial charge in [-0.3, -0.25) is 5.10 Å². The molecule has 0 saturated heterocycles. The number of hydrogen-bond acceptors (Lipinski definition) is 3. The number of rotatable bonds is 2. The Labute approximate surface area is 89.9 Å². The van der Waals surface area contributed by atoms with Crippen LogP contribution in [0, 0.1) is 5.92 Å². The van der Waals surface area contributed by atoms with Gasteiger partial charge < -0.3 is 10.8 Å². The summed E-state index contributed by atoms with van der Waals surface area (Å²) in [7, 11) is 0. The summed E-state index contributed by atoms with van der Waals surface area (Å²) in [5.74, 6) is 0.484. The van der Waals surface area contributed by atoms with Gasteiger partial charge in [0, 0.05) is 17.8 Å². The Morgan fingerprint density at radius 2 is 2.33 bits per heavy atom. The zero-order valence-corrected chi connectivity index (χ0v) is 9.54. The third-order valence-electron chi connectivity index (χ3n) is 3.49. The summed E-state index contributed by atoms with van der Waals surface area (Å²) in [4.78, 5) is 0. The Morgan fingerprint density at radius 3 is 2.87 bits per heavy atom. The largest absolute Gasteiger partial charge is 0.383 e. The Bertz CT molecular complexity index is 372. The lowest BCUT2D eigenvalue weighted by Gasteiger charge is -2.27. The minimum atomic E-state index is -0.887. The van der Waals surface area contributed by atoms with Crippen molar-refractivity contribution in [1.29, 1.82) is 0 Å². The summed E-state index contributed by atoms with van der Waals surface area (Å²) < 4.78 is 0. The van der Waals surface area contributed by atoms with Crippen LogP contribution in [0.4, 0.5) is 0 Å². The molecule has 1 aliphatic carbocycles. The molecular formula is C11H19N3O. The molecule has 1 aromatic rings. The average Bonchev–Trinajstić information content (AvgIpc) is 2.68. The number of fused-ring (bicyclic) bond motifs is 1. The molecule has 0 bridgehead atoms. The van der Waals surface area contributed by atoms with Gasteiger partial charge in [0.25, 0.3) is 0 Å². The lowest BCUT2D eigenvalue weighted by atomic mass is 9.86. The molecular weight excluding hydrogens is 190 g/mol. The number of nitrogens with two attached hydrogens (primary N) is 1. The molecule has 0 aromatic carbocycles. The van der Waals surface area contributed by atoms with Gasteiger partial charge in [-0.2, -0.15) is 5.10 Å². The van der Waals surface area contributed by atoms with Crippen LogP contribution in [-0.4, -0.2) is 21.8 Å². The fourth-order valence-electron chi connectivity index (χ4n) is 2.47. The average molecular weight is 209 g/mol. The Kier molecular flexibility index (Phi) is 2.35. The van der Waals surface area contributed by atoms with Crippen LogP contribution in [0.1, 0.15) is 43.6 Å². The zero-order chi connectivity index (χ0) is 11.2. The van der Waals surface area contributed by atoms with Crippen LogP contribution in [0.2, 0.25) is 0 Å². The first-order valence-corrected chi connectivity index (χ1v) is 5.50. The molecule has 2 unspecified atom stereocenters. The van der Waals surface area contributed by atoms with E-state index in [4.69, 9.17) is 5.73 Å². The van der Waals surface area contributed by atoms with Crippen molar-refractivity contribution in [2.45, 2.75) is 38.7 Å². The van der Waals surface area contributed by atoms with Crippen molar-refractivity contribution in [3.8, 4) is 0 Å². The molecule has 4 N–H and O–H groups in total. The van der Waals surface area contributed by atoms with Crippen molar-refractivity contribution >= 4 is 0 Å². The molecule has 0 spiro atoms. The van der Waals surface area contributed by atoms with Gasteiger partial charge in [0.2, 0.25) is 0 Å². The number of aliphatic hydroxyl groups is 1. The molecule has 1 aromatic heterocycles. The van der Waals surface area contributed by atoms with Crippen molar-refractivity contribution in [3.05, 3.63) is 17.0 Å². The van der Waals surface area contributed by atoms with Gasteiger partial charge in [-0.1, -0.05) is 20.8 Å². The first kappa shape index (κ1) is 10.6. The minimum Gasteiger partial charge on any atom is -0.383 e. The maximum absolute atomic E-state index is 10.6. The predicted molar refractivity (Wildman–Crippen MR) is 58.5 cm³/mol. The third-order valence-corrected chi connectivity index (χ3v) is 3.49. The monoisotopic (exact) mass is 209 g/mol. The number of aromatic nitrogens is 2. The molecule has 1 aliphatic rings. The molecule has 1 heterocycles. The van der Waals surface area contributed by atoms with Crippen LogP contribution in [-0.2, 0) is 12.0 Å². The SMILES string of the molecule is CC(C)c1n[nH]c2c1C(O)(CN)C(C)C2. The van der Waals surface area contributed by atoms with Crippen molar-refractivity contribution in [2.24, 2.45) is 11.7 Å². The van der Waals surface area contributed by atoms with E-state index in [1.165, 1.54) is 0 Å². The number of nitrogens with zero attached hydrogens (tertiary/aromatic N) is 1. The Hall–Kier alpha value is -0.870. The third kappa shape index (κ3) is 1.32. The van der Waals surface area contributed by atoms with Crippen molar-refractivity contribution in [2.75, 3.05) is 6.54 Å². The van der Waals surface area contributed by atoms with E-state index in [0.29, 0.717) is 5.92 Å². The zero-order valence-electron chi connectivity index (χ0n) is 9.54. The first-order valence-electron chi connectivity index (χ1n) is 5.50. The fraction of sp³-hybridized carbons (Fsp3) is 0.727. The van der Waals surface area contributed by atoms with E-state index < -0.39 is 5.60 Å². The van der Waals surface area contributed by atoms with Crippen LogP contribution in [0.15, 0.2) is 0 Å². The fourth-order valence-corrected chi connectivity index (χ4v) is 2.47. The highest BCUT2D eigenvalue weighted by Gasteiger charge is 2.45. The molecule has 0 fully saturated rings. The smallest absolute Gasteiger partial charge is 0.108 e. The van der Waals surface area contributed by atoms with E-state index in [2.05, 4.69) is 24.0 Å². The lowest BCUT2D eigenvalue weighted by Crippen LogP contribution is -2.38. The van der Waals surface area contributed by atoms with Gasteiger partial charge in [0.1, 0.15) is 5.60 Å². The van der Waals surface area contributed by atoms with E-state index in [1.807, 2.05) is 6.92 Å². The van der Waals surface area contributed by atoms with Crippen LogP contribution < -0.4 is 5.73 Å². The summed E-state index contributed by atoms with van der Waals surface area (Å²) in [6.45, 7) is 6.46. The van der Waals surface area contributed by atoms with Gasteiger partial charge in [0.15, 0.2) is 0 Å². The summed E-state index contributed by atoms with van der Waals surface area (Å²) in [6, 6.07) is 0. The van der Waals surface area contributed by atoms with Gasteiger partial charge in [-0.15, -0.1) is 0 Å². The summed E-state index contributed by atoms with van der Waals surface area (Å²) in [6.07, 6.45) is 0.836. The van der Waals surface area contributed by atoms with Gasteiger partial charge >= 0.3 is 0 Å². The second-order valence-corrected chi connectivity index (χ2v) is 4.85. The summed E-state index contributed by atoms with van der Waals surface area (Å²) in [5, 5.41) is 17.9. The molecule has 4 nitrogen and oxygen atoms in total. The molecule has 4 heteroatoms. The number of nitrogens with one attached hydrogen (secondary N) is 1. The standard InChI is InChI=1S/C11H19N3O/c1-6(2)10-9-8(13-14-10)4-7(3)11(9,15)5-12/h6-7,15H,4-5,12H2,1-3H3,(H,13,14). The number of H-pyrrole nitrogens is 1. The van der Waals surface area contributed by atoms with Gasteiger partial charge in [-0.05, 0) is 18.3 Å². The van der Waals surface area contributed by atoms with E-state index >= 15 is 0 Å². The molecule has 0 aliphatic heterocycles. The normalized spacial score (nSPS) is 29.9. The Balaban J connectivity index is 2.54. The molecule has 84 valence electrons. The first-order chi connectivity index (χ1) is 7.00. The maximum atomic E-state index is 10.6. The van der Waals surface area contributed by atoms with Crippen LogP contribution >= 0.6 is 0 Å². The topological polar surface area (TPSA) is 74.9 Å². The highest BCUT2D eigenvalue weighted by molar-refractivity contribution is 5.39. The van der Waals surface area contributed by atoms with E-state index in [9.17, 15) is 5.11 Å². The highest BCUT2D eigenvalue weighted by atomic mass is 16.3. The van der Waals surface area contributed by atoms with Crippen molar-refractivity contribution in [1.82, 2.24) is 10.2 Å². The van der Waals surface area contributed by atoms with Crippen LogP contribution in [0.25, 0.3) is 0 Å². The molecule has 0 amide bonds. The lowest BCUT2D eigenvalue weighted by molar-refractivity contribution is 0.00373.